The van der Waals surface area contributed by atoms with Crippen molar-refractivity contribution in [2.75, 3.05) is 11.1 Å². The Bertz CT molecular complexity index is 1100. The van der Waals surface area contributed by atoms with E-state index >= 15 is 0 Å². The van der Waals surface area contributed by atoms with Crippen LogP contribution < -0.4 is 5.32 Å². The van der Waals surface area contributed by atoms with E-state index in [0.717, 1.165) is 6.92 Å². The monoisotopic (exact) mass is 536 g/mol. The van der Waals surface area contributed by atoms with Gasteiger partial charge in [0.1, 0.15) is 5.60 Å². The van der Waals surface area contributed by atoms with E-state index in [9.17, 15) is 59.5 Å². The Morgan fingerprint density at radius 1 is 0.943 bits per heavy atom. The second-order valence-electron chi connectivity index (χ2n) is 7.24. The Morgan fingerprint density at radius 2 is 1.46 bits per heavy atom. The van der Waals surface area contributed by atoms with Gasteiger partial charge in [0, 0.05) is 22.8 Å². The number of carbonyl (C=O) groups excluding carboxylic acids is 1. The lowest BCUT2D eigenvalue weighted by Gasteiger charge is -2.23. The van der Waals surface area contributed by atoms with Crippen LogP contribution in [0.15, 0.2) is 41.3 Å². The first-order valence-electron chi connectivity index (χ1n) is 9.03. The Morgan fingerprint density at radius 3 is 1.89 bits per heavy atom. The lowest BCUT2D eigenvalue weighted by molar-refractivity contribution is -0.385. The van der Waals surface area contributed by atoms with Gasteiger partial charge in [-0.3, -0.25) is 14.9 Å². The van der Waals surface area contributed by atoms with Crippen molar-refractivity contribution in [1.29, 1.82) is 0 Å². The molecule has 0 heterocycles. The van der Waals surface area contributed by atoms with Gasteiger partial charge in [0.25, 0.3) is 11.6 Å². The average Bonchev–Trinajstić information content (AvgIpc) is 2.70. The second-order valence-corrected chi connectivity index (χ2v) is 8.29. The third kappa shape index (κ3) is 7.24. The van der Waals surface area contributed by atoms with Gasteiger partial charge >= 0.3 is 18.5 Å². The van der Waals surface area contributed by atoms with Crippen LogP contribution in [0.3, 0.4) is 0 Å². The summed E-state index contributed by atoms with van der Waals surface area (Å²) >= 11 is 0.221. The molecule has 2 rings (SSSR count). The van der Waals surface area contributed by atoms with Crippen molar-refractivity contribution in [3.05, 3.63) is 63.2 Å². The topological polar surface area (TPSA) is 92.5 Å². The number of halogens is 9. The molecular formula is C19H13F9N2O4S. The zero-order valence-corrected chi connectivity index (χ0v) is 17.9. The molecule has 0 aliphatic carbocycles. The van der Waals surface area contributed by atoms with Crippen LogP contribution in [-0.4, -0.2) is 27.3 Å². The molecular weight excluding hydrogens is 523 g/mol. The molecule has 0 radical (unpaired) electrons. The van der Waals surface area contributed by atoms with Crippen LogP contribution in [0.2, 0.25) is 0 Å². The van der Waals surface area contributed by atoms with Crippen molar-refractivity contribution in [2.45, 2.75) is 35.9 Å². The van der Waals surface area contributed by atoms with E-state index in [1.165, 1.54) is 0 Å². The van der Waals surface area contributed by atoms with Crippen LogP contribution in [-0.2, 0) is 23.3 Å². The van der Waals surface area contributed by atoms with E-state index in [0.29, 0.717) is 24.3 Å². The summed E-state index contributed by atoms with van der Waals surface area (Å²) in [5.74, 6) is -2.35. The van der Waals surface area contributed by atoms with Crippen LogP contribution >= 0.6 is 11.8 Å². The normalized spacial score (nSPS) is 14.4. The van der Waals surface area contributed by atoms with E-state index in [2.05, 4.69) is 0 Å². The number of nitrogens with one attached hydrogen (secondary N) is 1. The summed E-state index contributed by atoms with van der Waals surface area (Å²) in [5, 5.41) is 22.8. The lowest BCUT2D eigenvalue weighted by Crippen LogP contribution is -2.42. The molecule has 0 spiro atoms. The van der Waals surface area contributed by atoms with Crippen LogP contribution in [0, 0.1) is 10.1 Å². The smallest absolute Gasteiger partial charge is 0.379 e. The molecule has 2 aromatic rings. The number of hydrogen-bond donors (Lipinski definition) is 2. The summed E-state index contributed by atoms with van der Waals surface area (Å²) in [6.07, 6.45) is -15.4. The van der Waals surface area contributed by atoms with E-state index in [-0.39, 0.29) is 23.9 Å². The fraction of sp³-hybridized carbons (Fsp3) is 0.316. The summed E-state index contributed by atoms with van der Waals surface area (Å²) in [4.78, 5) is 21.4. The van der Waals surface area contributed by atoms with Gasteiger partial charge in [-0.1, -0.05) is 0 Å². The molecule has 0 fully saturated rings. The number of carbonyl (C=O) groups is 1. The number of thioether (sulfide) groups is 1. The lowest BCUT2D eigenvalue weighted by atomic mass is 10.1. The molecule has 1 atom stereocenters. The van der Waals surface area contributed by atoms with E-state index in [4.69, 9.17) is 0 Å². The minimum atomic E-state index is -5.15. The molecule has 2 aromatic carbocycles. The molecule has 1 amide bonds. The van der Waals surface area contributed by atoms with Gasteiger partial charge in [-0.15, -0.1) is 11.8 Å². The Hall–Kier alpha value is -3.01. The highest BCUT2D eigenvalue weighted by Crippen LogP contribution is 2.40. The minimum absolute atomic E-state index is 0.123. The first-order valence-corrected chi connectivity index (χ1v) is 10.0. The summed E-state index contributed by atoms with van der Waals surface area (Å²) in [6, 6.07) is 1.93. The number of rotatable bonds is 6. The molecule has 0 saturated heterocycles. The molecule has 0 aliphatic heterocycles. The third-order valence-corrected chi connectivity index (χ3v) is 5.61. The number of amides is 1. The van der Waals surface area contributed by atoms with Gasteiger partial charge in [-0.05, 0) is 31.2 Å². The number of nitro groups is 1. The standard InChI is InChI=1S/C19H13F9N2O4S/c1-16(32,8-35-12-5-9(17(20,21)22)4-10(6-12)18(23,24)25)15(31)29-14-3-2-11(30(33)34)7-13(14)19(26,27)28/h2-7,32H,8H2,1H3,(H,29,31). The summed E-state index contributed by atoms with van der Waals surface area (Å²) < 4.78 is 118. The van der Waals surface area contributed by atoms with Gasteiger partial charge in [0.2, 0.25) is 0 Å². The van der Waals surface area contributed by atoms with Crippen molar-refractivity contribution < 1.29 is 54.3 Å². The van der Waals surface area contributed by atoms with Crippen LogP contribution in [0.4, 0.5) is 50.9 Å². The first-order chi connectivity index (χ1) is 15.7. The maximum Gasteiger partial charge on any atom is 0.418 e. The highest BCUT2D eigenvalue weighted by atomic mass is 32.2. The van der Waals surface area contributed by atoms with Crippen molar-refractivity contribution in [3.8, 4) is 0 Å². The fourth-order valence-corrected chi connectivity index (χ4v) is 3.54. The summed E-state index contributed by atoms with van der Waals surface area (Å²) in [7, 11) is 0. The van der Waals surface area contributed by atoms with Crippen molar-refractivity contribution in [1.82, 2.24) is 0 Å². The van der Waals surface area contributed by atoms with E-state index in [1.807, 2.05) is 0 Å². The van der Waals surface area contributed by atoms with Gasteiger partial charge in [0.15, 0.2) is 0 Å². The Balaban J connectivity index is 2.29. The molecule has 2 N–H and O–H groups in total. The number of anilines is 1. The highest BCUT2D eigenvalue weighted by molar-refractivity contribution is 7.99. The molecule has 16 heteroatoms. The minimum Gasteiger partial charge on any atom is -0.379 e. The molecule has 0 bridgehead atoms. The van der Waals surface area contributed by atoms with Crippen LogP contribution in [0.5, 0.6) is 0 Å². The van der Waals surface area contributed by atoms with Crippen LogP contribution in [0.1, 0.15) is 23.6 Å². The molecule has 0 aliphatic rings. The fourth-order valence-electron chi connectivity index (χ4n) is 2.55. The molecule has 6 nitrogen and oxygen atoms in total. The molecule has 192 valence electrons. The highest BCUT2D eigenvalue weighted by Gasteiger charge is 2.39. The summed E-state index contributed by atoms with van der Waals surface area (Å²) in [5.41, 5.74) is -9.38. The Labute approximate surface area is 194 Å². The number of benzene rings is 2. The zero-order valence-electron chi connectivity index (χ0n) is 17.1. The summed E-state index contributed by atoms with van der Waals surface area (Å²) in [6.45, 7) is 0.770. The maximum atomic E-state index is 13.3. The van der Waals surface area contributed by atoms with E-state index in [1.54, 1.807) is 5.32 Å². The van der Waals surface area contributed by atoms with Crippen molar-refractivity contribution in [3.63, 3.8) is 0 Å². The number of alkyl halides is 9. The number of hydrogen-bond acceptors (Lipinski definition) is 5. The largest absolute Gasteiger partial charge is 0.418 e. The zero-order chi connectivity index (χ0) is 27.0. The van der Waals surface area contributed by atoms with Crippen molar-refractivity contribution in [2.24, 2.45) is 0 Å². The SMILES string of the molecule is CC(O)(CSc1cc(C(F)(F)F)cc(C(F)(F)F)c1)C(=O)Nc1ccc([N+](=O)[O-])cc1C(F)(F)F. The predicted molar refractivity (Wildman–Crippen MR) is 105 cm³/mol. The van der Waals surface area contributed by atoms with Gasteiger partial charge < -0.3 is 10.4 Å². The van der Waals surface area contributed by atoms with Gasteiger partial charge in [-0.25, -0.2) is 0 Å². The maximum absolute atomic E-state index is 13.3. The molecule has 1 unspecified atom stereocenters. The van der Waals surface area contributed by atoms with Crippen LogP contribution in [0.25, 0.3) is 0 Å². The van der Waals surface area contributed by atoms with E-state index < -0.39 is 73.7 Å². The molecule has 35 heavy (non-hydrogen) atoms. The molecule has 0 aromatic heterocycles. The number of non-ortho nitro benzene ring substituents is 1. The number of nitrogens with zero attached hydrogens (tertiary/aromatic N) is 1. The first kappa shape index (κ1) is 28.2. The van der Waals surface area contributed by atoms with Crippen molar-refractivity contribution >= 4 is 29.0 Å². The van der Waals surface area contributed by atoms with Gasteiger partial charge in [-0.2, -0.15) is 39.5 Å². The third-order valence-electron chi connectivity index (χ3n) is 4.34. The quantitative estimate of drug-likeness (QED) is 0.201. The second kappa shape index (κ2) is 9.56. The number of aliphatic hydroxyl groups is 1. The number of nitro benzene ring substituents is 1. The predicted octanol–water partition coefficient (Wildman–Crippen LogP) is 6.13. The Kier molecular flexibility index (Phi) is 7.71. The van der Waals surface area contributed by atoms with Gasteiger partial charge in [0.05, 0.1) is 27.3 Å². The molecule has 0 saturated carbocycles. The average molecular weight is 536 g/mol.